The molecule has 116 valence electrons. The van der Waals surface area contributed by atoms with Crippen LogP contribution < -0.4 is 10.5 Å². The first kappa shape index (κ1) is 15.9. The van der Waals surface area contributed by atoms with Crippen LogP contribution in [-0.2, 0) is 14.8 Å². The van der Waals surface area contributed by atoms with Crippen LogP contribution in [0.1, 0.15) is 38.5 Å². The van der Waals surface area contributed by atoms with Crippen LogP contribution in [0.3, 0.4) is 0 Å². The van der Waals surface area contributed by atoms with Gasteiger partial charge in [-0.3, -0.25) is 4.79 Å². The van der Waals surface area contributed by atoms with Crippen molar-refractivity contribution < 1.29 is 17.6 Å². The summed E-state index contributed by atoms with van der Waals surface area (Å²) in [5.74, 6) is -1.05. The van der Waals surface area contributed by atoms with Crippen molar-refractivity contribution in [1.29, 1.82) is 0 Å². The molecule has 2 rings (SSSR count). The lowest BCUT2D eigenvalue weighted by Crippen LogP contribution is -2.22. The first-order valence-corrected chi connectivity index (χ1v) is 8.55. The van der Waals surface area contributed by atoms with Crippen LogP contribution in [0.25, 0.3) is 0 Å². The van der Waals surface area contributed by atoms with E-state index in [-0.39, 0.29) is 22.4 Å². The number of hydrogen-bond donors (Lipinski definition) is 2. The molecule has 1 aromatic carbocycles. The zero-order valence-electron chi connectivity index (χ0n) is 11.6. The zero-order chi connectivity index (χ0) is 15.5. The van der Waals surface area contributed by atoms with E-state index in [1.165, 1.54) is 6.07 Å². The normalized spacial score (nSPS) is 17.2. The Balaban J connectivity index is 2.15. The van der Waals surface area contributed by atoms with Crippen LogP contribution in [0.4, 0.5) is 10.1 Å². The minimum atomic E-state index is -4.01. The summed E-state index contributed by atoms with van der Waals surface area (Å²) in [6.45, 7) is 0. The highest BCUT2D eigenvalue weighted by atomic mass is 32.2. The van der Waals surface area contributed by atoms with Crippen LogP contribution in [0.15, 0.2) is 23.1 Å². The molecule has 1 saturated carbocycles. The Labute approximate surface area is 123 Å². The van der Waals surface area contributed by atoms with E-state index in [0.717, 1.165) is 50.7 Å². The number of sulfonamides is 1. The molecule has 0 aliphatic heterocycles. The number of rotatable bonds is 3. The van der Waals surface area contributed by atoms with Crippen molar-refractivity contribution in [3.8, 4) is 0 Å². The van der Waals surface area contributed by atoms with Gasteiger partial charge in [-0.05, 0) is 31.0 Å². The Kier molecular flexibility index (Phi) is 4.95. The molecule has 7 heteroatoms. The molecule has 0 spiro atoms. The lowest BCUT2D eigenvalue weighted by atomic mass is 9.99. The Morgan fingerprint density at radius 3 is 2.33 bits per heavy atom. The average Bonchev–Trinajstić information content (AvgIpc) is 2.65. The summed E-state index contributed by atoms with van der Waals surface area (Å²) in [7, 11) is -4.01. The summed E-state index contributed by atoms with van der Waals surface area (Å²) in [6, 6.07) is 3.09. The lowest BCUT2D eigenvalue weighted by Gasteiger charge is -2.14. The molecule has 1 aliphatic carbocycles. The molecule has 0 unspecified atom stereocenters. The number of carbonyl (C=O) groups excluding carboxylic acids is 1. The fraction of sp³-hybridized carbons (Fsp3) is 0.500. The highest BCUT2D eigenvalue weighted by Gasteiger charge is 2.21. The number of amides is 1. The third-order valence-electron chi connectivity index (χ3n) is 3.69. The molecule has 1 fully saturated rings. The van der Waals surface area contributed by atoms with E-state index in [4.69, 9.17) is 5.14 Å². The van der Waals surface area contributed by atoms with E-state index in [9.17, 15) is 17.6 Å². The zero-order valence-corrected chi connectivity index (χ0v) is 12.5. The van der Waals surface area contributed by atoms with Crippen molar-refractivity contribution in [2.45, 2.75) is 43.4 Å². The molecule has 0 saturated heterocycles. The summed E-state index contributed by atoms with van der Waals surface area (Å²) in [6.07, 6.45) is 5.87. The molecule has 1 aliphatic rings. The molecular formula is C14H19FN2O3S. The Morgan fingerprint density at radius 2 is 1.76 bits per heavy atom. The molecular weight excluding hydrogens is 295 g/mol. The number of hydrogen-bond acceptors (Lipinski definition) is 3. The van der Waals surface area contributed by atoms with Crippen LogP contribution in [0.2, 0.25) is 0 Å². The van der Waals surface area contributed by atoms with Crippen molar-refractivity contribution in [1.82, 2.24) is 0 Å². The molecule has 1 amide bonds. The highest BCUT2D eigenvalue weighted by Crippen LogP contribution is 2.25. The van der Waals surface area contributed by atoms with Gasteiger partial charge in [0.15, 0.2) is 0 Å². The van der Waals surface area contributed by atoms with E-state index in [0.29, 0.717) is 0 Å². The molecule has 0 radical (unpaired) electrons. The van der Waals surface area contributed by atoms with E-state index in [2.05, 4.69) is 5.32 Å². The van der Waals surface area contributed by atoms with Gasteiger partial charge in [-0.15, -0.1) is 0 Å². The van der Waals surface area contributed by atoms with Gasteiger partial charge in [0.1, 0.15) is 5.82 Å². The minimum absolute atomic E-state index is 0.103. The second-order valence-electron chi connectivity index (χ2n) is 5.40. The van der Waals surface area contributed by atoms with Crippen LogP contribution in [-0.4, -0.2) is 14.3 Å². The maximum absolute atomic E-state index is 13.4. The summed E-state index contributed by atoms with van der Waals surface area (Å²) < 4.78 is 36.0. The Morgan fingerprint density at radius 1 is 1.14 bits per heavy atom. The summed E-state index contributed by atoms with van der Waals surface area (Å²) >= 11 is 0. The second kappa shape index (κ2) is 6.53. The minimum Gasteiger partial charge on any atom is -0.326 e. The lowest BCUT2D eigenvalue weighted by molar-refractivity contribution is -0.120. The van der Waals surface area contributed by atoms with Crippen molar-refractivity contribution in [3.63, 3.8) is 0 Å². The second-order valence-corrected chi connectivity index (χ2v) is 6.96. The van der Waals surface area contributed by atoms with Crippen LogP contribution in [0, 0.1) is 11.7 Å². The summed E-state index contributed by atoms with van der Waals surface area (Å²) in [4.78, 5) is 11.8. The molecule has 0 heterocycles. The van der Waals surface area contributed by atoms with Gasteiger partial charge in [0.2, 0.25) is 15.9 Å². The number of anilines is 1. The van der Waals surface area contributed by atoms with Gasteiger partial charge in [-0.1, -0.05) is 25.7 Å². The molecule has 0 bridgehead atoms. The summed E-state index contributed by atoms with van der Waals surface area (Å²) in [5, 5.41) is 7.58. The van der Waals surface area contributed by atoms with Gasteiger partial charge in [0.25, 0.3) is 0 Å². The number of carbonyl (C=O) groups is 1. The van der Waals surface area contributed by atoms with Gasteiger partial charge >= 0.3 is 0 Å². The SMILES string of the molecule is NS(=O)(=O)c1cc(F)cc(NC(=O)C2CCCCCC2)c1. The third-order valence-corrected chi connectivity index (χ3v) is 4.59. The monoisotopic (exact) mass is 314 g/mol. The Hall–Kier alpha value is -1.47. The van der Waals surface area contributed by atoms with Gasteiger partial charge in [-0.25, -0.2) is 17.9 Å². The first-order chi connectivity index (χ1) is 9.86. The van der Waals surface area contributed by atoms with Crippen molar-refractivity contribution in [2.75, 3.05) is 5.32 Å². The van der Waals surface area contributed by atoms with E-state index in [1.54, 1.807) is 0 Å². The topological polar surface area (TPSA) is 89.3 Å². The summed E-state index contributed by atoms with van der Waals surface area (Å²) in [5.41, 5.74) is 0.119. The van der Waals surface area contributed by atoms with Gasteiger partial charge in [0, 0.05) is 11.6 Å². The predicted octanol–water partition coefficient (Wildman–Crippen LogP) is 2.38. The number of halogens is 1. The predicted molar refractivity (Wildman–Crippen MR) is 77.6 cm³/mol. The quantitative estimate of drug-likeness (QED) is 0.839. The highest BCUT2D eigenvalue weighted by molar-refractivity contribution is 7.89. The molecule has 21 heavy (non-hydrogen) atoms. The van der Waals surface area contributed by atoms with Gasteiger partial charge in [-0.2, -0.15) is 0 Å². The fourth-order valence-corrected chi connectivity index (χ4v) is 3.15. The molecule has 5 nitrogen and oxygen atoms in total. The number of nitrogens with one attached hydrogen (secondary N) is 1. The first-order valence-electron chi connectivity index (χ1n) is 7.00. The number of benzene rings is 1. The molecule has 0 aromatic heterocycles. The van der Waals surface area contributed by atoms with Gasteiger partial charge < -0.3 is 5.32 Å². The van der Waals surface area contributed by atoms with E-state index < -0.39 is 15.8 Å². The van der Waals surface area contributed by atoms with E-state index in [1.807, 2.05) is 0 Å². The standard InChI is InChI=1S/C14H19FN2O3S/c15-11-7-12(9-13(8-11)21(16,19)20)17-14(18)10-5-3-1-2-4-6-10/h7-10H,1-6H2,(H,17,18)(H2,16,19,20). The molecule has 1 aromatic rings. The molecule has 0 atom stereocenters. The van der Waals surface area contributed by atoms with Gasteiger partial charge in [0.05, 0.1) is 4.90 Å². The maximum Gasteiger partial charge on any atom is 0.238 e. The largest absolute Gasteiger partial charge is 0.326 e. The van der Waals surface area contributed by atoms with Crippen LogP contribution in [0.5, 0.6) is 0 Å². The van der Waals surface area contributed by atoms with E-state index >= 15 is 0 Å². The fourth-order valence-electron chi connectivity index (χ4n) is 2.59. The molecule has 3 N–H and O–H groups in total. The number of nitrogens with two attached hydrogens (primary N) is 1. The third kappa shape index (κ3) is 4.50. The average molecular weight is 314 g/mol. The maximum atomic E-state index is 13.4. The Bertz CT molecular complexity index is 623. The van der Waals surface area contributed by atoms with Crippen LogP contribution >= 0.6 is 0 Å². The smallest absolute Gasteiger partial charge is 0.238 e. The van der Waals surface area contributed by atoms with Crippen molar-refractivity contribution in [2.24, 2.45) is 11.1 Å². The van der Waals surface area contributed by atoms with Crippen molar-refractivity contribution >= 4 is 21.6 Å². The number of primary sulfonamides is 1. The van der Waals surface area contributed by atoms with Crippen molar-refractivity contribution in [3.05, 3.63) is 24.0 Å².